The van der Waals surface area contributed by atoms with Crippen molar-refractivity contribution in [3.05, 3.63) is 65.4 Å². The van der Waals surface area contributed by atoms with Crippen LogP contribution >= 0.6 is 11.3 Å². The maximum Gasteiger partial charge on any atom is 0.408 e. The fourth-order valence-corrected chi connectivity index (χ4v) is 3.81. The summed E-state index contributed by atoms with van der Waals surface area (Å²) >= 11 is 1.41. The first-order valence-electron chi connectivity index (χ1n) is 9.46. The van der Waals surface area contributed by atoms with Gasteiger partial charge in [0.05, 0.1) is 11.2 Å². The molecule has 0 aliphatic carbocycles. The monoisotopic (exact) mass is 424 g/mol. The van der Waals surface area contributed by atoms with Gasteiger partial charge < -0.3 is 10.4 Å². The van der Waals surface area contributed by atoms with Gasteiger partial charge in [0.2, 0.25) is 5.91 Å². The van der Waals surface area contributed by atoms with E-state index in [0.29, 0.717) is 11.4 Å². The molecule has 0 radical (unpaired) electrons. The molecule has 1 atom stereocenters. The topological polar surface area (TPSA) is 95.4 Å². The van der Waals surface area contributed by atoms with Gasteiger partial charge >= 0.3 is 6.09 Å². The summed E-state index contributed by atoms with van der Waals surface area (Å²) in [7, 11) is 0. The third-order valence-electron chi connectivity index (χ3n) is 4.60. The minimum absolute atomic E-state index is 0.202. The van der Waals surface area contributed by atoms with E-state index in [1.165, 1.54) is 16.2 Å². The van der Waals surface area contributed by atoms with Crippen LogP contribution in [0.25, 0.3) is 11.1 Å². The molecular formula is C22H24N4O3S. The fraction of sp³-hybridized carbons (Fsp3) is 0.273. The second-order valence-corrected chi connectivity index (χ2v) is 8.54. The number of thiazole rings is 1. The predicted octanol–water partition coefficient (Wildman–Crippen LogP) is 4.53. The van der Waals surface area contributed by atoms with Crippen LogP contribution in [0, 0.1) is 0 Å². The highest BCUT2D eigenvalue weighted by Crippen LogP contribution is 2.24. The van der Waals surface area contributed by atoms with Crippen LogP contribution in [0.5, 0.6) is 0 Å². The average molecular weight is 425 g/mol. The number of hydrogen-bond donors (Lipinski definition) is 2. The highest BCUT2D eigenvalue weighted by molar-refractivity contribution is 7.07. The van der Waals surface area contributed by atoms with Crippen LogP contribution in [0.2, 0.25) is 0 Å². The molecule has 2 N–H and O–H groups in total. The third kappa shape index (κ3) is 5.21. The molecule has 2 heterocycles. The van der Waals surface area contributed by atoms with Crippen molar-refractivity contribution < 1.29 is 14.7 Å². The minimum atomic E-state index is -1.15. The number of hydrogen-bond acceptors (Lipinski definition) is 5. The summed E-state index contributed by atoms with van der Waals surface area (Å²) < 4.78 is 0. The van der Waals surface area contributed by atoms with Crippen LogP contribution in [0.4, 0.5) is 10.5 Å². The number of carbonyl (C=O) groups is 2. The van der Waals surface area contributed by atoms with Gasteiger partial charge in [-0.3, -0.25) is 14.7 Å². The van der Waals surface area contributed by atoms with E-state index in [9.17, 15) is 14.7 Å². The van der Waals surface area contributed by atoms with Crippen molar-refractivity contribution in [2.24, 2.45) is 0 Å². The zero-order valence-corrected chi connectivity index (χ0v) is 17.9. The molecule has 156 valence electrons. The smallest absolute Gasteiger partial charge is 0.408 e. The molecule has 1 aromatic carbocycles. The lowest BCUT2D eigenvalue weighted by Crippen LogP contribution is -2.56. The van der Waals surface area contributed by atoms with Gasteiger partial charge in [-0.1, -0.05) is 12.1 Å². The maximum atomic E-state index is 13.1. The van der Waals surface area contributed by atoms with E-state index in [4.69, 9.17) is 0 Å². The summed E-state index contributed by atoms with van der Waals surface area (Å²) in [5.74, 6) is -0.392. The van der Waals surface area contributed by atoms with Crippen LogP contribution in [0.15, 0.2) is 59.7 Å². The fourth-order valence-electron chi connectivity index (χ4n) is 3.24. The number of pyridine rings is 1. The Balaban J connectivity index is 1.83. The van der Waals surface area contributed by atoms with E-state index in [1.807, 2.05) is 29.6 Å². The largest absolute Gasteiger partial charge is 0.465 e. The Morgan fingerprint density at radius 1 is 1.10 bits per heavy atom. The van der Waals surface area contributed by atoms with Crippen molar-refractivity contribution in [1.29, 1.82) is 0 Å². The molecule has 2 amide bonds. The zero-order chi connectivity index (χ0) is 21.7. The van der Waals surface area contributed by atoms with Crippen LogP contribution in [0.3, 0.4) is 0 Å². The summed E-state index contributed by atoms with van der Waals surface area (Å²) in [5.41, 5.74) is 4.22. The van der Waals surface area contributed by atoms with Gasteiger partial charge in [0.15, 0.2) is 0 Å². The first-order valence-corrected chi connectivity index (χ1v) is 10.4. The molecule has 0 fully saturated rings. The van der Waals surface area contributed by atoms with Crippen molar-refractivity contribution >= 4 is 29.0 Å². The van der Waals surface area contributed by atoms with E-state index in [2.05, 4.69) is 15.3 Å². The molecule has 0 aliphatic heterocycles. The number of anilines is 1. The molecule has 0 saturated carbocycles. The molecule has 0 unspecified atom stereocenters. The molecule has 0 spiro atoms. The number of aromatic nitrogens is 2. The first kappa shape index (κ1) is 21.4. The molecule has 0 aliphatic rings. The lowest BCUT2D eigenvalue weighted by atomic mass is 10.00. The van der Waals surface area contributed by atoms with E-state index in [0.717, 1.165) is 11.1 Å². The Morgan fingerprint density at radius 3 is 2.27 bits per heavy atom. The predicted molar refractivity (Wildman–Crippen MR) is 118 cm³/mol. The second-order valence-electron chi connectivity index (χ2n) is 7.83. The molecule has 3 aromatic rings. The Bertz CT molecular complexity index is 983. The lowest BCUT2D eigenvalue weighted by Gasteiger charge is -2.38. The van der Waals surface area contributed by atoms with Crippen molar-refractivity contribution in [2.45, 2.75) is 38.8 Å². The van der Waals surface area contributed by atoms with Gasteiger partial charge in [-0.05, 0) is 56.2 Å². The van der Waals surface area contributed by atoms with Crippen molar-refractivity contribution in [2.75, 3.05) is 5.32 Å². The highest BCUT2D eigenvalue weighted by atomic mass is 32.1. The second kappa shape index (κ2) is 9.04. The maximum absolute atomic E-state index is 13.1. The number of benzene rings is 1. The van der Waals surface area contributed by atoms with Crippen molar-refractivity contribution in [3.63, 3.8) is 0 Å². The summed E-state index contributed by atoms with van der Waals surface area (Å²) in [6, 6.07) is 10.3. The van der Waals surface area contributed by atoms with E-state index in [1.54, 1.807) is 50.8 Å². The molecule has 0 saturated heterocycles. The molecule has 0 bridgehead atoms. The van der Waals surface area contributed by atoms with Gasteiger partial charge in [0.25, 0.3) is 0 Å². The van der Waals surface area contributed by atoms with Crippen molar-refractivity contribution in [3.8, 4) is 11.1 Å². The number of amides is 2. The van der Waals surface area contributed by atoms with Gasteiger partial charge in [-0.15, -0.1) is 11.3 Å². The highest BCUT2D eigenvalue weighted by Gasteiger charge is 2.38. The average Bonchev–Trinajstić information content (AvgIpc) is 3.20. The molecule has 3 rings (SSSR count). The Kier molecular flexibility index (Phi) is 6.47. The number of nitrogens with one attached hydrogen (secondary N) is 1. The first-order chi connectivity index (χ1) is 14.3. The van der Waals surface area contributed by atoms with Crippen LogP contribution in [0.1, 0.15) is 26.5 Å². The Labute approximate surface area is 179 Å². The van der Waals surface area contributed by atoms with Crippen LogP contribution < -0.4 is 5.32 Å². The van der Waals surface area contributed by atoms with E-state index in [-0.39, 0.29) is 6.42 Å². The molecule has 2 aromatic heterocycles. The summed E-state index contributed by atoms with van der Waals surface area (Å²) in [6.45, 7) is 5.31. The lowest BCUT2D eigenvalue weighted by molar-refractivity contribution is -0.122. The van der Waals surface area contributed by atoms with Crippen molar-refractivity contribution in [1.82, 2.24) is 14.9 Å². The zero-order valence-electron chi connectivity index (χ0n) is 17.1. The van der Waals surface area contributed by atoms with Gasteiger partial charge in [0.1, 0.15) is 6.04 Å². The van der Waals surface area contributed by atoms with Gasteiger partial charge in [-0.2, -0.15) is 0 Å². The number of carbonyl (C=O) groups excluding carboxylic acids is 1. The summed E-state index contributed by atoms with van der Waals surface area (Å²) in [5, 5.41) is 14.5. The summed E-state index contributed by atoms with van der Waals surface area (Å²) in [4.78, 5) is 34.6. The molecular weight excluding hydrogens is 400 g/mol. The minimum Gasteiger partial charge on any atom is -0.465 e. The van der Waals surface area contributed by atoms with Gasteiger partial charge in [0, 0.05) is 35.4 Å². The third-order valence-corrected chi connectivity index (χ3v) is 5.23. The quantitative estimate of drug-likeness (QED) is 0.606. The number of nitrogens with zero attached hydrogens (tertiary/aromatic N) is 3. The SMILES string of the molecule is CC(C)(C)N(C(=O)O)[C@@H](Cc1cscn1)C(=O)Nc1ccc(-c2ccncc2)cc1. The molecule has 8 heteroatoms. The normalized spacial score (nSPS) is 12.2. The summed E-state index contributed by atoms with van der Waals surface area (Å²) in [6.07, 6.45) is 2.50. The Morgan fingerprint density at radius 2 is 1.73 bits per heavy atom. The molecule has 30 heavy (non-hydrogen) atoms. The number of rotatable bonds is 6. The number of carboxylic acid groups (broad SMARTS) is 1. The van der Waals surface area contributed by atoms with Gasteiger partial charge in [-0.25, -0.2) is 9.78 Å². The van der Waals surface area contributed by atoms with E-state index < -0.39 is 23.6 Å². The standard InChI is InChI=1S/C22H24N4O3S/c1-22(2,3)26(21(28)29)19(12-18-13-30-14-24-18)20(27)25-17-6-4-15(5-7-17)16-8-10-23-11-9-16/h4-11,13-14,19H,12H2,1-3H3,(H,25,27)(H,28,29)/t19-/m0/s1. The Hall–Kier alpha value is -3.26. The van der Waals surface area contributed by atoms with Crippen LogP contribution in [-0.4, -0.2) is 43.6 Å². The molecule has 7 nitrogen and oxygen atoms in total. The van der Waals surface area contributed by atoms with Crippen LogP contribution in [-0.2, 0) is 11.2 Å². The van der Waals surface area contributed by atoms with E-state index >= 15 is 0 Å².